The van der Waals surface area contributed by atoms with Gasteiger partial charge in [0, 0.05) is 32.0 Å². The van der Waals surface area contributed by atoms with Gasteiger partial charge in [0.05, 0.1) is 0 Å². The minimum absolute atomic E-state index is 0.238. The fourth-order valence-electron chi connectivity index (χ4n) is 2.00. The van der Waals surface area contributed by atoms with Gasteiger partial charge in [0.15, 0.2) is 0 Å². The largest absolute Gasteiger partial charge is 0.302 e. The minimum Gasteiger partial charge on any atom is -0.302 e. The Morgan fingerprint density at radius 3 is 2.53 bits per heavy atom. The van der Waals surface area contributed by atoms with Crippen LogP contribution in [0.15, 0.2) is 0 Å². The number of Topliss-reactive ketones (excluding diaryl/α,β-unsaturated/α-hetero) is 1. The maximum atomic E-state index is 11.4. The zero-order chi connectivity index (χ0) is 11.6. The van der Waals surface area contributed by atoms with Gasteiger partial charge in [-0.25, -0.2) is 0 Å². The van der Waals surface area contributed by atoms with Gasteiger partial charge in [-0.05, 0) is 11.3 Å². The second kappa shape index (κ2) is 4.65. The molecule has 0 aromatic heterocycles. The highest BCUT2D eigenvalue weighted by molar-refractivity contribution is 5.81. The van der Waals surface area contributed by atoms with Crippen molar-refractivity contribution in [1.82, 2.24) is 4.90 Å². The van der Waals surface area contributed by atoms with Gasteiger partial charge in [-0.15, -0.1) is 0 Å². The lowest BCUT2D eigenvalue weighted by Crippen LogP contribution is -2.45. The van der Waals surface area contributed by atoms with Crippen LogP contribution in [0.25, 0.3) is 0 Å². The van der Waals surface area contributed by atoms with E-state index in [2.05, 4.69) is 39.5 Å². The topological polar surface area (TPSA) is 20.3 Å². The van der Waals surface area contributed by atoms with Crippen molar-refractivity contribution in [3.05, 3.63) is 0 Å². The molecule has 88 valence electrons. The normalized spacial score (nSPS) is 24.9. The molecule has 15 heavy (non-hydrogen) atoms. The standard InChI is InChI=1S/C13H25NO/c1-10(2)13(4,5)9-14-7-6-12(15)11(3)8-14/h10-11H,6-9H2,1-5H3. The van der Waals surface area contributed by atoms with Crippen LogP contribution in [0.1, 0.15) is 41.0 Å². The summed E-state index contributed by atoms with van der Waals surface area (Å²) in [5, 5.41) is 0. The molecule has 0 spiro atoms. The molecule has 0 bridgehead atoms. The van der Waals surface area contributed by atoms with Crippen LogP contribution in [0, 0.1) is 17.3 Å². The number of rotatable bonds is 3. The Morgan fingerprint density at radius 1 is 1.47 bits per heavy atom. The van der Waals surface area contributed by atoms with E-state index in [1.807, 2.05) is 0 Å². The van der Waals surface area contributed by atoms with Crippen molar-refractivity contribution in [3.8, 4) is 0 Å². The number of likely N-dealkylation sites (tertiary alicyclic amines) is 1. The van der Waals surface area contributed by atoms with Crippen molar-refractivity contribution in [3.63, 3.8) is 0 Å². The summed E-state index contributed by atoms with van der Waals surface area (Å²) in [5.74, 6) is 1.36. The van der Waals surface area contributed by atoms with E-state index in [9.17, 15) is 4.79 Å². The number of hydrogen-bond acceptors (Lipinski definition) is 2. The molecule has 0 radical (unpaired) electrons. The smallest absolute Gasteiger partial charge is 0.138 e. The average molecular weight is 211 g/mol. The molecule has 0 amide bonds. The number of nitrogens with zero attached hydrogens (tertiary/aromatic N) is 1. The third-order valence-corrected chi connectivity index (χ3v) is 3.95. The summed E-state index contributed by atoms with van der Waals surface area (Å²) in [6, 6.07) is 0. The first-order valence-corrected chi connectivity index (χ1v) is 6.08. The monoisotopic (exact) mass is 211 g/mol. The van der Waals surface area contributed by atoms with Gasteiger partial charge in [-0.3, -0.25) is 4.79 Å². The van der Waals surface area contributed by atoms with Gasteiger partial charge in [-0.2, -0.15) is 0 Å². The molecule has 0 aromatic rings. The molecule has 2 heteroatoms. The Morgan fingerprint density at radius 2 is 2.07 bits per heavy atom. The molecular weight excluding hydrogens is 186 g/mol. The molecule has 1 aliphatic rings. The molecule has 0 N–H and O–H groups in total. The number of carbonyl (C=O) groups excluding carboxylic acids is 1. The fraction of sp³-hybridized carbons (Fsp3) is 0.923. The van der Waals surface area contributed by atoms with Crippen molar-refractivity contribution in [2.75, 3.05) is 19.6 Å². The third kappa shape index (κ3) is 3.30. The van der Waals surface area contributed by atoms with Gasteiger partial charge in [0.25, 0.3) is 0 Å². The highest BCUT2D eigenvalue weighted by Gasteiger charge is 2.29. The van der Waals surface area contributed by atoms with Crippen LogP contribution in [-0.4, -0.2) is 30.3 Å². The van der Waals surface area contributed by atoms with Crippen LogP contribution in [0.2, 0.25) is 0 Å². The lowest BCUT2D eigenvalue weighted by atomic mass is 9.80. The Bertz CT molecular complexity index is 233. The number of ketones is 1. The van der Waals surface area contributed by atoms with Gasteiger partial charge in [-0.1, -0.05) is 34.6 Å². The number of hydrogen-bond donors (Lipinski definition) is 0. The lowest BCUT2D eigenvalue weighted by Gasteiger charge is -2.38. The molecule has 0 aliphatic carbocycles. The maximum absolute atomic E-state index is 11.4. The molecule has 1 aliphatic heterocycles. The van der Waals surface area contributed by atoms with Crippen molar-refractivity contribution in [2.45, 2.75) is 41.0 Å². The summed E-state index contributed by atoms with van der Waals surface area (Å²) in [6.07, 6.45) is 0.745. The summed E-state index contributed by atoms with van der Waals surface area (Å²) in [6.45, 7) is 14.3. The predicted molar refractivity (Wildman–Crippen MR) is 63.8 cm³/mol. The molecule has 1 rings (SSSR count). The first-order chi connectivity index (χ1) is 6.83. The second-order valence-electron chi connectivity index (χ2n) is 6.00. The van der Waals surface area contributed by atoms with Crippen molar-refractivity contribution in [2.24, 2.45) is 17.3 Å². The molecule has 1 heterocycles. The summed E-state index contributed by atoms with van der Waals surface area (Å²) >= 11 is 0. The van der Waals surface area contributed by atoms with Crippen LogP contribution in [0.3, 0.4) is 0 Å². The van der Waals surface area contributed by atoms with Crippen LogP contribution < -0.4 is 0 Å². The summed E-state index contributed by atoms with van der Waals surface area (Å²) < 4.78 is 0. The van der Waals surface area contributed by atoms with Gasteiger partial charge < -0.3 is 4.90 Å². The summed E-state index contributed by atoms with van der Waals surface area (Å²) in [7, 11) is 0. The van der Waals surface area contributed by atoms with Crippen molar-refractivity contribution < 1.29 is 4.79 Å². The maximum Gasteiger partial charge on any atom is 0.138 e. The van der Waals surface area contributed by atoms with Crippen LogP contribution >= 0.6 is 0 Å². The molecule has 1 fully saturated rings. The molecule has 2 nitrogen and oxygen atoms in total. The van der Waals surface area contributed by atoms with Gasteiger partial charge in [0.1, 0.15) is 5.78 Å². The Balaban J connectivity index is 2.50. The Kier molecular flexibility index (Phi) is 3.93. The SMILES string of the molecule is CC1CN(CC(C)(C)C(C)C)CCC1=O. The van der Waals surface area contributed by atoms with E-state index in [0.29, 0.717) is 17.1 Å². The number of carbonyl (C=O) groups is 1. The van der Waals surface area contributed by atoms with Crippen molar-refractivity contribution in [1.29, 1.82) is 0 Å². The first kappa shape index (κ1) is 12.7. The molecule has 1 saturated heterocycles. The summed E-state index contributed by atoms with van der Waals surface area (Å²) in [4.78, 5) is 13.9. The number of piperidine rings is 1. The van der Waals surface area contributed by atoms with E-state index in [1.54, 1.807) is 0 Å². The lowest BCUT2D eigenvalue weighted by molar-refractivity contribution is -0.126. The van der Waals surface area contributed by atoms with E-state index < -0.39 is 0 Å². The average Bonchev–Trinajstić information content (AvgIpc) is 2.10. The first-order valence-electron chi connectivity index (χ1n) is 6.08. The zero-order valence-corrected chi connectivity index (χ0v) is 10.8. The van der Waals surface area contributed by atoms with Crippen LogP contribution in [-0.2, 0) is 4.79 Å². The van der Waals surface area contributed by atoms with E-state index in [4.69, 9.17) is 0 Å². The van der Waals surface area contributed by atoms with E-state index in [1.165, 1.54) is 0 Å². The van der Waals surface area contributed by atoms with E-state index in [0.717, 1.165) is 26.1 Å². The molecule has 0 saturated carbocycles. The quantitative estimate of drug-likeness (QED) is 0.715. The van der Waals surface area contributed by atoms with Gasteiger partial charge in [0.2, 0.25) is 0 Å². The molecular formula is C13H25NO. The fourth-order valence-corrected chi connectivity index (χ4v) is 2.00. The minimum atomic E-state index is 0.238. The Labute approximate surface area is 94.0 Å². The summed E-state index contributed by atoms with van der Waals surface area (Å²) in [5.41, 5.74) is 0.347. The van der Waals surface area contributed by atoms with Crippen LogP contribution in [0.4, 0.5) is 0 Å². The van der Waals surface area contributed by atoms with Crippen molar-refractivity contribution >= 4 is 5.78 Å². The highest BCUT2D eigenvalue weighted by atomic mass is 16.1. The highest BCUT2D eigenvalue weighted by Crippen LogP contribution is 2.28. The van der Waals surface area contributed by atoms with Crippen LogP contribution in [0.5, 0.6) is 0 Å². The Hall–Kier alpha value is -0.370. The third-order valence-electron chi connectivity index (χ3n) is 3.95. The van der Waals surface area contributed by atoms with E-state index >= 15 is 0 Å². The molecule has 1 atom stereocenters. The second-order valence-corrected chi connectivity index (χ2v) is 6.00. The molecule has 0 aromatic carbocycles. The zero-order valence-electron chi connectivity index (χ0n) is 10.8. The van der Waals surface area contributed by atoms with E-state index in [-0.39, 0.29) is 5.92 Å². The van der Waals surface area contributed by atoms with Gasteiger partial charge >= 0.3 is 0 Å². The predicted octanol–water partition coefficient (Wildman–Crippen LogP) is 2.58. The molecule has 1 unspecified atom stereocenters.